The van der Waals surface area contributed by atoms with Gasteiger partial charge in [0, 0.05) is 16.5 Å². The summed E-state index contributed by atoms with van der Waals surface area (Å²) in [6.45, 7) is 1.92. The second-order valence-corrected chi connectivity index (χ2v) is 6.78. The topological polar surface area (TPSA) is 65.8 Å². The van der Waals surface area contributed by atoms with Gasteiger partial charge in [-0.3, -0.25) is 4.79 Å². The van der Waals surface area contributed by atoms with Crippen molar-refractivity contribution in [3.05, 3.63) is 26.7 Å². The summed E-state index contributed by atoms with van der Waals surface area (Å²) >= 11 is 5.82. The van der Waals surface area contributed by atoms with Gasteiger partial charge in [0.2, 0.25) is 5.91 Å². The first-order chi connectivity index (χ1) is 9.58. The lowest BCUT2D eigenvalue weighted by atomic mass is 9.67. The molecule has 0 radical (unpaired) electrons. The number of nitrogens with one attached hydrogen (secondary N) is 1. The quantitative estimate of drug-likeness (QED) is 0.784. The Morgan fingerprint density at radius 2 is 2.25 bits per heavy atom. The van der Waals surface area contributed by atoms with Crippen LogP contribution in [0.2, 0.25) is 0 Å². The van der Waals surface area contributed by atoms with Gasteiger partial charge in [0.15, 0.2) is 0 Å². The number of rotatable bonds is 1. The average Bonchev–Trinajstić information content (AvgIpc) is 3.00. The van der Waals surface area contributed by atoms with Crippen LogP contribution < -0.4 is 5.32 Å². The van der Waals surface area contributed by atoms with E-state index in [1.807, 2.05) is 12.3 Å². The van der Waals surface area contributed by atoms with Crippen molar-refractivity contribution in [2.45, 2.75) is 38.5 Å². The summed E-state index contributed by atoms with van der Waals surface area (Å²) in [7, 11) is 0. The number of allylic oxidation sites excluding steroid dienone is 1. The zero-order valence-electron chi connectivity index (χ0n) is 11.1. The van der Waals surface area contributed by atoms with Crippen LogP contribution in [0.5, 0.6) is 0 Å². The molecule has 0 aromatic carbocycles. The molecule has 1 spiro atoms. The van der Waals surface area contributed by atoms with Crippen molar-refractivity contribution in [1.29, 1.82) is 5.26 Å². The van der Waals surface area contributed by atoms with Crippen LogP contribution in [0.1, 0.15) is 42.3 Å². The largest absolute Gasteiger partial charge is 0.319 e. The Morgan fingerprint density at radius 1 is 1.55 bits per heavy atom. The first kappa shape index (κ1) is 13.7. The van der Waals surface area contributed by atoms with Crippen molar-refractivity contribution in [2.24, 2.45) is 5.41 Å². The number of aryl methyl sites for hydroxylation is 1. The van der Waals surface area contributed by atoms with E-state index in [1.54, 1.807) is 0 Å². The van der Waals surface area contributed by atoms with Crippen LogP contribution >= 0.6 is 24.0 Å². The number of aromatic nitrogens is 1. The van der Waals surface area contributed by atoms with Crippen molar-refractivity contribution >= 4 is 29.9 Å². The molecule has 1 N–H and O–H groups in total. The number of nitrogens with zero attached hydrogens (tertiary/aromatic N) is 2. The van der Waals surface area contributed by atoms with Gasteiger partial charge in [-0.15, -0.1) is 24.0 Å². The molecule has 0 bridgehead atoms. The van der Waals surface area contributed by atoms with E-state index in [1.165, 1.54) is 11.3 Å². The van der Waals surface area contributed by atoms with Crippen LogP contribution in [-0.2, 0) is 4.79 Å². The lowest BCUT2D eigenvalue weighted by Gasteiger charge is -2.39. The predicted octanol–water partition coefficient (Wildman–Crippen LogP) is 2.89. The van der Waals surface area contributed by atoms with Crippen molar-refractivity contribution in [3.63, 3.8) is 0 Å². The number of carbonyl (C=O) groups is 1. The van der Waals surface area contributed by atoms with Crippen molar-refractivity contribution in [2.75, 3.05) is 0 Å². The van der Waals surface area contributed by atoms with Gasteiger partial charge < -0.3 is 5.32 Å². The fourth-order valence-corrected chi connectivity index (χ4v) is 4.84. The number of thiazole rings is 1. The van der Waals surface area contributed by atoms with Crippen molar-refractivity contribution < 1.29 is 4.79 Å². The molecule has 1 aliphatic heterocycles. The van der Waals surface area contributed by atoms with E-state index in [9.17, 15) is 10.1 Å². The van der Waals surface area contributed by atoms with Gasteiger partial charge in [-0.25, -0.2) is 4.98 Å². The molecule has 1 aliphatic carbocycles. The lowest BCUT2D eigenvalue weighted by Crippen LogP contribution is -2.44. The van der Waals surface area contributed by atoms with E-state index in [0.717, 1.165) is 36.4 Å². The minimum atomic E-state index is -0.404. The molecule has 0 unspecified atom stereocenters. The fourth-order valence-electron chi connectivity index (χ4n) is 3.44. The van der Waals surface area contributed by atoms with Gasteiger partial charge in [0.25, 0.3) is 0 Å². The van der Waals surface area contributed by atoms with Crippen LogP contribution in [0.3, 0.4) is 0 Å². The molecule has 1 aromatic rings. The molecule has 1 fully saturated rings. The molecule has 4 nitrogen and oxygen atoms in total. The van der Waals surface area contributed by atoms with Crippen LogP contribution in [-0.4, -0.2) is 10.9 Å². The van der Waals surface area contributed by atoms with E-state index >= 15 is 0 Å². The van der Waals surface area contributed by atoms with E-state index in [0.29, 0.717) is 10.6 Å². The Balaban J connectivity index is 2.17. The van der Waals surface area contributed by atoms with Crippen molar-refractivity contribution in [1.82, 2.24) is 10.3 Å². The van der Waals surface area contributed by atoms with E-state index in [-0.39, 0.29) is 11.8 Å². The summed E-state index contributed by atoms with van der Waals surface area (Å²) in [4.78, 5) is 17.0. The molecular formula is C14H15N3OS2. The molecule has 3 rings (SSSR count). The van der Waals surface area contributed by atoms with Gasteiger partial charge in [-0.2, -0.15) is 5.26 Å². The molecule has 2 aliphatic rings. The Labute approximate surface area is 127 Å². The normalized spacial score (nSPS) is 24.9. The molecule has 20 heavy (non-hydrogen) atoms. The van der Waals surface area contributed by atoms with E-state index < -0.39 is 5.41 Å². The van der Waals surface area contributed by atoms with Gasteiger partial charge in [0.05, 0.1) is 16.7 Å². The number of thiol groups is 1. The summed E-state index contributed by atoms with van der Waals surface area (Å²) < 4.78 is 0. The monoisotopic (exact) mass is 305 g/mol. The Morgan fingerprint density at radius 3 is 2.80 bits per heavy atom. The smallest absolute Gasteiger partial charge is 0.235 e. The van der Waals surface area contributed by atoms with Gasteiger partial charge in [0.1, 0.15) is 10.9 Å². The number of amides is 1. The van der Waals surface area contributed by atoms with Crippen LogP contribution in [0.25, 0.3) is 0 Å². The van der Waals surface area contributed by atoms with Gasteiger partial charge >= 0.3 is 0 Å². The number of hydrogen-bond acceptors (Lipinski definition) is 5. The molecule has 2 heterocycles. The minimum absolute atomic E-state index is 0.0785. The lowest BCUT2D eigenvalue weighted by molar-refractivity contribution is -0.124. The summed E-state index contributed by atoms with van der Waals surface area (Å²) in [5, 5.41) is 15.4. The SMILES string of the molecule is Cc1csc([C@@H]2C(=O)NC(S)=C(C#N)C23CCCC3)n1. The average molecular weight is 305 g/mol. The van der Waals surface area contributed by atoms with E-state index in [4.69, 9.17) is 0 Å². The molecule has 6 heteroatoms. The summed E-state index contributed by atoms with van der Waals surface area (Å²) in [5.41, 5.74) is 1.14. The summed E-state index contributed by atoms with van der Waals surface area (Å²) in [5.74, 6) is -0.431. The summed E-state index contributed by atoms with van der Waals surface area (Å²) in [6.07, 6.45) is 3.80. The number of carbonyl (C=O) groups excluding carboxylic acids is 1. The highest BCUT2D eigenvalue weighted by Gasteiger charge is 2.53. The van der Waals surface area contributed by atoms with Gasteiger partial charge in [-0.05, 0) is 19.8 Å². The van der Waals surface area contributed by atoms with Crippen LogP contribution in [0.4, 0.5) is 0 Å². The predicted molar refractivity (Wildman–Crippen MR) is 80.3 cm³/mol. The van der Waals surface area contributed by atoms with E-state index in [2.05, 4.69) is 29.0 Å². The molecule has 1 aromatic heterocycles. The van der Waals surface area contributed by atoms with Crippen LogP contribution in [0, 0.1) is 23.7 Å². The number of hydrogen-bond donors (Lipinski definition) is 2. The zero-order chi connectivity index (χ0) is 14.3. The Bertz CT molecular complexity index is 635. The molecule has 0 saturated heterocycles. The third kappa shape index (κ3) is 1.88. The second kappa shape index (κ2) is 4.90. The molecule has 104 valence electrons. The summed E-state index contributed by atoms with van der Waals surface area (Å²) in [6, 6.07) is 2.28. The highest BCUT2D eigenvalue weighted by atomic mass is 32.1. The highest BCUT2D eigenvalue weighted by molar-refractivity contribution is 7.84. The maximum Gasteiger partial charge on any atom is 0.235 e. The minimum Gasteiger partial charge on any atom is -0.319 e. The molecule has 1 amide bonds. The maximum absolute atomic E-state index is 12.5. The standard InChI is InChI=1S/C14H15N3OS2/c1-8-7-20-13(16-8)10-11(18)17-12(19)9(6-15)14(10)4-2-3-5-14/h7,10,19H,2-5H2,1H3,(H,17,18)/t10-/m0/s1. The second-order valence-electron chi connectivity index (χ2n) is 5.45. The molecule has 1 atom stereocenters. The fraction of sp³-hybridized carbons (Fsp3) is 0.500. The molecule has 1 saturated carbocycles. The number of nitriles is 1. The van der Waals surface area contributed by atoms with Crippen LogP contribution in [0.15, 0.2) is 16.0 Å². The first-order valence-corrected chi connectivity index (χ1v) is 7.98. The highest BCUT2D eigenvalue weighted by Crippen LogP contribution is 2.56. The van der Waals surface area contributed by atoms with Crippen molar-refractivity contribution in [3.8, 4) is 6.07 Å². The molecular weight excluding hydrogens is 290 g/mol. The third-order valence-corrected chi connectivity index (χ3v) is 5.65. The zero-order valence-corrected chi connectivity index (χ0v) is 12.9. The third-order valence-electron chi connectivity index (χ3n) is 4.28. The first-order valence-electron chi connectivity index (χ1n) is 6.65. The maximum atomic E-state index is 12.5. The Hall–Kier alpha value is -1.32. The Kier molecular flexibility index (Phi) is 3.35. The van der Waals surface area contributed by atoms with Gasteiger partial charge in [-0.1, -0.05) is 12.8 Å².